The van der Waals surface area contributed by atoms with Crippen molar-refractivity contribution < 1.29 is 8.42 Å². The number of nitrogens with zero attached hydrogens (tertiary/aromatic N) is 1. The highest BCUT2D eigenvalue weighted by Crippen LogP contribution is 2.25. The van der Waals surface area contributed by atoms with Gasteiger partial charge in [0.05, 0.1) is 15.1 Å². The summed E-state index contributed by atoms with van der Waals surface area (Å²) < 4.78 is 28.5. The maximum atomic E-state index is 12.2. The van der Waals surface area contributed by atoms with Gasteiger partial charge in [-0.25, -0.2) is 8.42 Å². The Balaban J connectivity index is 2.38. The molecule has 1 aromatic heterocycles. The number of benzene rings is 1. The van der Waals surface area contributed by atoms with Crippen molar-refractivity contribution in [3.63, 3.8) is 0 Å². The number of halogens is 2. The van der Waals surface area contributed by atoms with Gasteiger partial charge >= 0.3 is 0 Å². The van der Waals surface area contributed by atoms with Crippen molar-refractivity contribution in [2.75, 3.05) is 4.72 Å². The molecular formula is C12H10Br2N2O2S. The van der Waals surface area contributed by atoms with E-state index in [1.807, 2.05) is 6.92 Å². The van der Waals surface area contributed by atoms with Gasteiger partial charge in [-0.05, 0) is 52.7 Å². The van der Waals surface area contributed by atoms with E-state index in [4.69, 9.17) is 0 Å². The molecule has 4 nitrogen and oxygen atoms in total. The third-order valence-corrected chi connectivity index (χ3v) is 5.34. The van der Waals surface area contributed by atoms with Crippen LogP contribution in [0.1, 0.15) is 5.56 Å². The van der Waals surface area contributed by atoms with Crippen LogP contribution >= 0.6 is 31.9 Å². The molecule has 19 heavy (non-hydrogen) atoms. The van der Waals surface area contributed by atoms with Crippen LogP contribution in [0.15, 0.2) is 50.5 Å². The number of sulfonamides is 1. The van der Waals surface area contributed by atoms with Crippen LogP contribution in [0.2, 0.25) is 0 Å². The van der Waals surface area contributed by atoms with Gasteiger partial charge < -0.3 is 0 Å². The molecule has 0 aliphatic carbocycles. The molecule has 2 aromatic rings. The second kappa shape index (κ2) is 5.60. The maximum absolute atomic E-state index is 12.2. The van der Waals surface area contributed by atoms with E-state index in [9.17, 15) is 8.42 Å². The van der Waals surface area contributed by atoms with Gasteiger partial charge in [0.1, 0.15) is 0 Å². The summed E-state index contributed by atoms with van der Waals surface area (Å²) in [6.07, 6.45) is 3.06. The average Bonchev–Trinajstić information content (AvgIpc) is 2.35. The van der Waals surface area contributed by atoms with Crippen molar-refractivity contribution in [3.8, 4) is 0 Å². The molecule has 0 aliphatic heterocycles. The first-order valence-electron chi connectivity index (χ1n) is 5.28. The first-order chi connectivity index (χ1) is 8.90. The maximum Gasteiger partial charge on any atom is 0.261 e. The van der Waals surface area contributed by atoms with E-state index in [2.05, 4.69) is 41.6 Å². The van der Waals surface area contributed by atoms with E-state index in [1.54, 1.807) is 24.3 Å². The van der Waals surface area contributed by atoms with Crippen molar-refractivity contribution in [1.29, 1.82) is 0 Å². The SMILES string of the molecule is Cc1cc(S(=O)(=O)Nc2ccncc2Br)ccc1Br. The summed E-state index contributed by atoms with van der Waals surface area (Å²) in [7, 11) is -3.60. The monoisotopic (exact) mass is 404 g/mol. The largest absolute Gasteiger partial charge is 0.278 e. The number of aryl methyl sites for hydroxylation is 1. The number of hydrogen-bond donors (Lipinski definition) is 1. The Morgan fingerprint density at radius 2 is 1.89 bits per heavy atom. The highest BCUT2D eigenvalue weighted by atomic mass is 79.9. The Labute approximate surface area is 128 Å². The lowest BCUT2D eigenvalue weighted by molar-refractivity contribution is 0.601. The molecule has 0 spiro atoms. The minimum absolute atomic E-state index is 0.219. The van der Waals surface area contributed by atoms with Crippen LogP contribution in [0.5, 0.6) is 0 Å². The third-order valence-electron chi connectivity index (χ3n) is 2.46. The Morgan fingerprint density at radius 1 is 1.16 bits per heavy atom. The molecule has 0 bridgehead atoms. The van der Waals surface area contributed by atoms with Gasteiger partial charge in [-0.2, -0.15) is 0 Å². The summed E-state index contributed by atoms with van der Waals surface area (Å²) >= 11 is 6.59. The molecule has 0 fully saturated rings. The van der Waals surface area contributed by atoms with E-state index < -0.39 is 10.0 Å². The molecule has 0 atom stereocenters. The number of aromatic nitrogens is 1. The van der Waals surface area contributed by atoms with E-state index in [1.165, 1.54) is 12.4 Å². The van der Waals surface area contributed by atoms with Crippen molar-refractivity contribution in [2.45, 2.75) is 11.8 Å². The Morgan fingerprint density at radius 3 is 2.53 bits per heavy atom. The number of nitrogens with one attached hydrogen (secondary N) is 1. The summed E-state index contributed by atoms with van der Waals surface area (Å²) in [5.74, 6) is 0. The Kier molecular flexibility index (Phi) is 4.27. The fraction of sp³-hybridized carbons (Fsp3) is 0.0833. The molecule has 7 heteroatoms. The third kappa shape index (κ3) is 3.34. The van der Waals surface area contributed by atoms with Crippen LogP contribution in [0.4, 0.5) is 5.69 Å². The summed E-state index contributed by atoms with van der Waals surface area (Å²) in [5, 5.41) is 0. The van der Waals surface area contributed by atoms with Crippen LogP contribution < -0.4 is 4.72 Å². The number of pyridine rings is 1. The molecule has 0 saturated heterocycles. The zero-order valence-corrected chi connectivity index (χ0v) is 13.9. The zero-order chi connectivity index (χ0) is 14.0. The summed E-state index contributed by atoms with van der Waals surface area (Å²) in [6, 6.07) is 6.47. The number of hydrogen-bond acceptors (Lipinski definition) is 3. The average molecular weight is 406 g/mol. The first kappa shape index (κ1) is 14.5. The van der Waals surface area contributed by atoms with Crippen molar-refractivity contribution in [1.82, 2.24) is 4.98 Å². The van der Waals surface area contributed by atoms with E-state index in [-0.39, 0.29) is 4.90 Å². The number of rotatable bonds is 3. The van der Waals surface area contributed by atoms with Crippen molar-refractivity contribution in [2.24, 2.45) is 0 Å². The Bertz CT molecular complexity index is 717. The van der Waals surface area contributed by atoms with Crippen molar-refractivity contribution in [3.05, 3.63) is 51.2 Å². The smallest absolute Gasteiger partial charge is 0.261 e. The van der Waals surface area contributed by atoms with Gasteiger partial charge in [0.15, 0.2) is 0 Å². The van der Waals surface area contributed by atoms with Crippen LogP contribution in [-0.2, 0) is 10.0 Å². The molecule has 1 aromatic carbocycles. The standard InChI is InChI=1S/C12H10Br2N2O2S/c1-8-6-9(2-3-10(8)13)19(17,18)16-12-4-5-15-7-11(12)14/h2-7H,1H3,(H,15,16). The van der Waals surface area contributed by atoms with Gasteiger partial charge in [-0.15, -0.1) is 0 Å². The van der Waals surface area contributed by atoms with Crippen LogP contribution in [0.25, 0.3) is 0 Å². The summed E-state index contributed by atoms with van der Waals surface area (Å²) in [5.41, 5.74) is 1.31. The van der Waals surface area contributed by atoms with E-state index in [0.717, 1.165) is 10.0 Å². The minimum Gasteiger partial charge on any atom is -0.278 e. The predicted octanol–water partition coefficient (Wildman–Crippen LogP) is 3.72. The molecule has 0 unspecified atom stereocenters. The molecule has 0 radical (unpaired) electrons. The quantitative estimate of drug-likeness (QED) is 0.846. The zero-order valence-electron chi connectivity index (χ0n) is 9.89. The lowest BCUT2D eigenvalue weighted by Crippen LogP contribution is -2.13. The molecule has 1 N–H and O–H groups in total. The summed E-state index contributed by atoms with van der Waals surface area (Å²) in [6.45, 7) is 1.84. The predicted molar refractivity (Wildman–Crippen MR) is 81.6 cm³/mol. The lowest BCUT2D eigenvalue weighted by Gasteiger charge is -2.10. The summed E-state index contributed by atoms with van der Waals surface area (Å²) in [4.78, 5) is 4.10. The van der Waals surface area contributed by atoms with Crippen LogP contribution in [0, 0.1) is 6.92 Å². The molecule has 100 valence electrons. The highest BCUT2D eigenvalue weighted by Gasteiger charge is 2.16. The number of anilines is 1. The fourth-order valence-corrected chi connectivity index (χ4v) is 3.34. The molecular weight excluding hydrogens is 396 g/mol. The molecule has 0 amide bonds. The van der Waals surface area contributed by atoms with Gasteiger partial charge in [0.25, 0.3) is 10.0 Å². The topological polar surface area (TPSA) is 59.1 Å². The van der Waals surface area contributed by atoms with E-state index in [0.29, 0.717) is 10.2 Å². The normalized spacial score (nSPS) is 11.3. The fourth-order valence-electron chi connectivity index (χ4n) is 1.45. The molecule has 2 rings (SSSR count). The van der Waals surface area contributed by atoms with Gasteiger partial charge in [0, 0.05) is 16.9 Å². The Hall–Kier alpha value is -0.920. The molecule has 0 saturated carbocycles. The van der Waals surface area contributed by atoms with Crippen LogP contribution in [-0.4, -0.2) is 13.4 Å². The molecule has 0 aliphatic rings. The van der Waals surface area contributed by atoms with Crippen molar-refractivity contribution >= 4 is 47.6 Å². The highest BCUT2D eigenvalue weighted by molar-refractivity contribution is 9.10. The van der Waals surface area contributed by atoms with Gasteiger partial charge in [-0.1, -0.05) is 15.9 Å². The second-order valence-corrected chi connectivity index (χ2v) is 7.26. The van der Waals surface area contributed by atoms with Gasteiger partial charge in [0.2, 0.25) is 0 Å². The first-order valence-corrected chi connectivity index (χ1v) is 8.35. The van der Waals surface area contributed by atoms with Gasteiger partial charge in [-0.3, -0.25) is 9.71 Å². The van der Waals surface area contributed by atoms with E-state index >= 15 is 0 Å². The molecule has 1 heterocycles. The lowest BCUT2D eigenvalue weighted by atomic mass is 10.2. The van der Waals surface area contributed by atoms with Crippen LogP contribution in [0.3, 0.4) is 0 Å². The second-order valence-electron chi connectivity index (χ2n) is 3.87. The minimum atomic E-state index is -3.60.